The van der Waals surface area contributed by atoms with Gasteiger partial charge in [0.1, 0.15) is 35.9 Å². The minimum absolute atomic E-state index is 0.0360. The Hall–Kier alpha value is -7.50. The molecule has 4 rings (SSSR count). The van der Waals surface area contributed by atoms with Crippen molar-refractivity contribution in [1.29, 1.82) is 0 Å². The van der Waals surface area contributed by atoms with E-state index in [2.05, 4.69) is 21.3 Å². The normalized spacial score (nSPS) is 12.8. The maximum atomic E-state index is 12.4. The maximum absolute atomic E-state index is 12.4. The number of alkyl carbamates (subject to hydrolysis) is 4. The van der Waals surface area contributed by atoms with Gasteiger partial charge in [-0.15, -0.1) is 0 Å². The van der Waals surface area contributed by atoms with Crippen molar-refractivity contribution in [1.82, 2.24) is 21.3 Å². The van der Waals surface area contributed by atoms with Gasteiger partial charge in [-0.3, -0.25) is 0 Å². The van der Waals surface area contributed by atoms with Gasteiger partial charge in [0.15, 0.2) is 12.1 Å². The highest BCUT2D eigenvalue weighted by Crippen LogP contribution is 2.24. The summed E-state index contributed by atoms with van der Waals surface area (Å²) >= 11 is 0. The molecule has 0 aromatic heterocycles. The van der Waals surface area contributed by atoms with E-state index in [-0.39, 0.29) is 13.2 Å². The van der Waals surface area contributed by atoms with Crippen LogP contribution < -0.4 is 30.7 Å². The minimum Gasteiger partial charge on any atom is -0.497 e. The van der Waals surface area contributed by atoms with E-state index in [0.717, 1.165) is 11.1 Å². The second kappa shape index (κ2) is 24.2. The lowest BCUT2D eigenvalue weighted by atomic mass is 9.99. The van der Waals surface area contributed by atoms with Gasteiger partial charge in [0.05, 0.1) is 26.3 Å². The van der Waals surface area contributed by atoms with Gasteiger partial charge < -0.3 is 59.9 Å². The zero-order valence-electron chi connectivity index (χ0n) is 36.9. The summed E-state index contributed by atoms with van der Waals surface area (Å²) in [7, 11) is 2.99. The van der Waals surface area contributed by atoms with Crippen molar-refractivity contribution < 1.29 is 67.4 Å². The van der Waals surface area contributed by atoms with Crippen LogP contribution in [0, 0.1) is 0 Å². The third-order valence-corrected chi connectivity index (χ3v) is 8.47. The number of benzene rings is 4. The second-order valence-electron chi connectivity index (χ2n) is 15.8. The first-order chi connectivity index (χ1) is 30.2. The van der Waals surface area contributed by atoms with E-state index in [1.165, 1.54) is 14.2 Å². The van der Waals surface area contributed by atoms with E-state index in [0.29, 0.717) is 22.6 Å². The molecule has 18 nitrogen and oxygen atoms in total. The molecule has 0 fully saturated rings. The molecule has 0 aliphatic heterocycles. The summed E-state index contributed by atoms with van der Waals surface area (Å²) in [5.41, 5.74) is 0.742. The quantitative estimate of drug-likeness (QED) is 0.0606. The number of hydrogen-bond donors (Lipinski definition) is 6. The molecule has 0 saturated heterocycles. The Labute approximate surface area is 371 Å². The number of carboxylic acid groups (broad SMARTS) is 2. The molecular formula is C46H56N4O14. The van der Waals surface area contributed by atoms with Crippen molar-refractivity contribution in [3.63, 3.8) is 0 Å². The van der Waals surface area contributed by atoms with Crippen molar-refractivity contribution in [2.75, 3.05) is 14.2 Å². The third-order valence-electron chi connectivity index (χ3n) is 8.47. The summed E-state index contributed by atoms with van der Waals surface area (Å²) in [5.74, 6) is -1.63. The number of rotatable bonds is 16. The standard InChI is InChI=1S/2C23H28N2O7/c2*1-23(2,3)32-22(29)24-18(16-10-12-17(30-4)13-11-16)19(20(26)27)25-21(28)31-14-15-8-6-5-7-9-15/h2*5-13,18-19H,14H2,1-4H3,(H,24,29)(H,25,28)(H,26,27)/t18-,19?;18-,19+/m10/s1. The largest absolute Gasteiger partial charge is 0.497 e. The molecular weight excluding hydrogens is 833 g/mol. The highest BCUT2D eigenvalue weighted by Gasteiger charge is 2.36. The topological polar surface area (TPSA) is 246 Å². The van der Waals surface area contributed by atoms with Gasteiger partial charge in [-0.2, -0.15) is 0 Å². The molecule has 1 unspecified atom stereocenters. The molecule has 64 heavy (non-hydrogen) atoms. The Kier molecular flexibility index (Phi) is 19.2. The number of carbonyl (C=O) groups is 6. The zero-order valence-corrected chi connectivity index (χ0v) is 36.9. The number of methoxy groups -OCH3 is 2. The SMILES string of the molecule is COc1ccc([C@@H](NC(=O)OC(C)(C)C)C(NC(=O)OCc2ccccc2)C(=O)O)cc1.COc1ccc([C@H](NC(=O)OC(C)(C)C)[C@@H](NC(=O)OCc2ccccc2)C(=O)O)cc1. The van der Waals surface area contributed by atoms with Gasteiger partial charge in [-0.05, 0) is 88.1 Å². The van der Waals surface area contributed by atoms with Crippen LogP contribution in [0.2, 0.25) is 0 Å². The average Bonchev–Trinajstić information content (AvgIpc) is 3.24. The number of carbonyl (C=O) groups excluding carboxylic acids is 4. The molecule has 344 valence electrons. The fraction of sp³-hybridized carbons (Fsp3) is 0.348. The number of aliphatic carboxylic acids is 2. The molecule has 6 N–H and O–H groups in total. The van der Waals surface area contributed by atoms with Gasteiger partial charge in [-0.1, -0.05) is 84.9 Å². The second-order valence-corrected chi connectivity index (χ2v) is 15.8. The van der Waals surface area contributed by atoms with Crippen LogP contribution in [0.25, 0.3) is 0 Å². The molecule has 0 radical (unpaired) electrons. The lowest BCUT2D eigenvalue weighted by Crippen LogP contribution is -2.51. The minimum atomic E-state index is -1.53. The molecule has 18 heteroatoms. The number of ether oxygens (including phenoxy) is 6. The van der Waals surface area contributed by atoms with E-state index in [1.54, 1.807) is 139 Å². The summed E-state index contributed by atoms with van der Waals surface area (Å²) in [5, 5.41) is 29.3. The summed E-state index contributed by atoms with van der Waals surface area (Å²) < 4.78 is 31.1. The Morgan fingerprint density at radius 3 is 1.05 bits per heavy atom. The summed E-state index contributed by atoms with van der Waals surface area (Å²) in [6, 6.07) is 25.4. The van der Waals surface area contributed by atoms with Crippen molar-refractivity contribution in [2.24, 2.45) is 0 Å². The van der Waals surface area contributed by atoms with Gasteiger partial charge in [-0.25, -0.2) is 28.8 Å². The molecule has 0 saturated carbocycles. The van der Waals surface area contributed by atoms with Crippen molar-refractivity contribution in [2.45, 2.75) is 90.1 Å². The summed E-state index contributed by atoms with van der Waals surface area (Å²) in [6.45, 7) is 10.0. The Morgan fingerprint density at radius 2 is 0.781 bits per heavy atom. The van der Waals surface area contributed by atoms with Crippen LogP contribution in [0.5, 0.6) is 11.5 Å². The van der Waals surface area contributed by atoms with Crippen LogP contribution in [0.1, 0.15) is 75.9 Å². The molecule has 0 bridgehead atoms. The van der Waals surface area contributed by atoms with Crippen molar-refractivity contribution in [3.8, 4) is 11.5 Å². The van der Waals surface area contributed by atoms with E-state index >= 15 is 0 Å². The average molecular weight is 889 g/mol. The van der Waals surface area contributed by atoms with E-state index in [1.807, 2.05) is 12.1 Å². The number of amides is 4. The third kappa shape index (κ3) is 18.2. The van der Waals surface area contributed by atoms with Gasteiger partial charge in [0.25, 0.3) is 0 Å². The van der Waals surface area contributed by atoms with Crippen LogP contribution in [-0.2, 0) is 41.8 Å². The predicted octanol–water partition coefficient (Wildman–Crippen LogP) is 7.28. The smallest absolute Gasteiger partial charge is 0.408 e. The van der Waals surface area contributed by atoms with Crippen LogP contribution in [-0.4, -0.2) is 84.0 Å². The first kappa shape index (κ1) is 50.9. The molecule has 0 heterocycles. The molecule has 0 aliphatic carbocycles. The Bertz CT molecular complexity index is 1970. The van der Waals surface area contributed by atoms with Crippen LogP contribution >= 0.6 is 0 Å². The lowest BCUT2D eigenvalue weighted by Gasteiger charge is -2.28. The van der Waals surface area contributed by atoms with Gasteiger partial charge in [0, 0.05) is 0 Å². The van der Waals surface area contributed by atoms with Crippen molar-refractivity contribution in [3.05, 3.63) is 131 Å². The van der Waals surface area contributed by atoms with Gasteiger partial charge >= 0.3 is 36.3 Å². The lowest BCUT2D eigenvalue weighted by molar-refractivity contribution is -0.141. The first-order valence-electron chi connectivity index (χ1n) is 19.8. The molecule has 0 spiro atoms. The van der Waals surface area contributed by atoms with E-state index in [9.17, 15) is 39.0 Å². The number of hydrogen-bond acceptors (Lipinski definition) is 12. The predicted molar refractivity (Wildman–Crippen MR) is 233 cm³/mol. The number of carboxylic acids is 2. The van der Waals surface area contributed by atoms with Crippen LogP contribution in [0.3, 0.4) is 0 Å². The highest BCUT2D eigenvalue weighted by molar-refractivity contribution is 5.83. The van der Waals surface area contributed by atoms with Crippen LogP contribution in [0.4, 0.5) is 19.2 Å². The monoisotopic (exact) mass is 888 g/mol. The van der Waals surface area contributed by atoms with Crippen molar-refractivity contribution >= 4 is 36.3 Å². The Morgan fingerprint density at radius 1 is 0.469 bits per heavy atom. The maximum Gasteiger partial charge on any atom is 0.408 e. The highest BCUT2D eigenvalue weighted by atomic mass is 16.6. The Balaban J connectivity index is 0.000000340. The molecule has 4 aromatic rings. The fourth-order valence-corrected chi connectivity index (χ4v) is 5.57. The number of nitrogens with one attached hydrogen (secondary N) is 4. The summed E-state index contributed by atoms with van der Waals surface area (Å²) in [4.78, 5) is 73.5. The van der Waals surface area contributed by atoms with Gasteiger partial charge in [0.2, 0.25) is 0 Å². The molecule has 0 aliphatic rings. The van der Waals surface area contributed by atoms with E-state index < -0.39 is 71.7 Å². The molecule has 4 atom stereocenters. The fourth-order valence-electron chi connectivity index (χ4n) is 5.57. The van der Waals surface area contributed by atoms with E-state index in [4.69, 9.17) is 28.4 Å². The summed E-state index contributed by atoms with van der Waals surface area (Å²) in [6.07, 6.45) is -3.54. The molecule has 4 amide bonds. The van der Waals surface area contributed by atoms with Crippen LogP contribution in [0.15, 0.2) is 109 Å². The first-order valence-corrected chi connectivity index (χ1v) is 19.8. The molecule has 4 aromatic carbocycles. The zero-order chi connectivity index (χ0) is 47.5.